The average Bonchev–Trinajstić information content (AvgIpc) is 2.97. The number of aromatic amines is 1. The molecule has 0 spiro atoms. The Morgan fingerprint density at radius 2 is 1.91 bits per heavy atom. The van der Waals surface area contributed by atoms with Crippen molar-refractivity contribution in [2.24, 2.45) is 0 Å². The van der Waals surface area contributed by atoms with E-state index in [-0.39, 0.29) is 0 Å². The molecule has 0 amide bonds. The van der Waals surface area contributed by atoms with E-state index in [1.807, 2.05) is 50.2 Å². The van der Waals surface area contributed by atoms with Gasteiger partial charge in [-0.05, 0) is 31.0 Å². The zero-order valence-electron chi connectivity index (χ0n) is 12.5. The Kier molecular flexibility index (Phi) is 4.01. The second-order valence-corrected chi connectivity index (χ2v) is 5.83. The molecular weight excluding hydrogens is 296 g/mol. The molecule has 1 aromatic heterocycles. The van der Waals surface area contributed by atoms with Gasteiger partial charge in [0.15, 0.2) is 0 Å². The molecule has 4 heteroatoms. The molecule has 0 saturated heterocycles. The van der Waals surface area contributed by atoms with Crippen LogP contribution in [-0.2, 0) is 0 Å². The molecule has 2 aromatic carbocycles. The minimum Gasteiger partial charge on any atom is -0.380 e. The largest absolute Gasteiger partial charge is 0.380 e. The topological polar surface area (TPSA) is 48.9 Å². The molecule has 0 fully saturated rings. The molecule has 0 aliphatic rings. The van der Waals surface area contributed by atoms with Crippen LogP contribution in [-0.4, -0.2) is 15.1 Å². The van der Waals surface area contributed by atoms with Gasteiger partial charge in [0, 0.05) is 10.6 Å². The van der Waals surface area contributed by atoms with Crippen molar-refractivity contribution in [3.8, 4) is 11.3 Å². The minimum absolute atomic E-state index is 0.516. The van der Waals surface area contributed by atoms with Gasteiger partial charge in [-0.2, -0.15) is 0 Å². The van der Waals surface area contributed by atoms with Gasteiger partial charge in [-0.25, -0.2) is 4.98 Å². The van der Waals surface area contributed by atoms with Gasteiger partial charge in [-0.3, -0.25) is 0 Å². The number of hydrogen-bond acceptors (Lipinski definition) is 2. The third kappa shape index (κ3) is 2.78. The molecule has 0 saturated carbocycles. The number of imidazole rings is 1. The summed E-state index contributed by atoms with van der Waals surface area (Å²) < 4.78 is 0. The smallest absolute Gasteiger partial charge is 0.140 e. The number of benzene rings is 2. The van der Waals surface area contributed by atoms with Crippen molar-refractivity contribution in [1.82, 2.24) is 9.97 Å². The molecule has 0 aliphatic carbocycles. The van der Waals surface area contributed by atoms with Gasteiger partial charge >= 0.3 is 0 Å². The van der Waals surface area contributed by atoms with Crippen molar-refractivity contribution < 1.29 is 5.11 Å². The van der Waals surface area contributed by atoms with Gasteiger partial charge in [0.25, 0.3) is 0 Å². The van der Waals surface area contributed by atoms with Gasteiger partial charge in [-0.15, -0.1) is 0 Å². The van der Waals surface area contributed by atoms with Crippen LogP contribution < -0.4 is 0 Å². The molecule has 0 aliphatic heterocycles. The van der Waals surface area contributed by atoms with Crippen LogP contribution in [0.1, 0.15) is 28.6 Å². The molecule has 1 heterocycles. The van der Waals surface area contributed by atoms with E-state index >= 15 is 0 Å². The maximum atomic E-state index is 10.6. The van der Waals surface area contributed by atoms with E-state index in [1.54, 1.807) is 6.20 Å². The van der Waals surface area contributed by atoms with Gasteiger partial charge in [0.2, 0.25) is 0 Å². The molecule has 22 heavy (non-hydrogen) atoms. The average molecular weight is 313 g/mol. The lowest BCUT2D eigenvalue weighted by molar-refractivity contribution is 0.210. The predicted molar refractivity (Wildman–Crippen MR) is 89.0 cm³/mol. The summed E-state index contributed by atoms with van der Waals surface area (Å²) in [6, 6.07) is 13.5. The summed E-state index contributed by atoms with van der Waals surface area (Å²) in [4.78, 5) is 7.47. The van der Waals surface area contributed by atoms with Crippen LogP contribution in [0.3, 0.4) is 0 Å². The SMILES string of the molecule is Cc1ccc(C(O)c2ncc(-c3ccccc3Cl)[nH]2)c(C)c1. The molecule has 3 rings (SSSR count). The first kappa shape index (κ1) is 14.8. The number of nitrogens with zero attached hydrogens (tertiary/aromatic N) is 1. The normalized spacial score (nSPS) is 12.4. The Labute approximate surface area is 134 Å². The summed E-state index contributed by atoms with van der Waals surface area (Å²) in [6.07, 6.45) is 0.917. The van der Waals surface area contributed by atoms with E-state index in [0.29, 0.717) is 10.8 Å². The Morgan fingerprint density at radius 1 is 1.14 bits per heavy atom. The Bertz CT molecular complexity index is 810. The van der Waals surface area contributed by atoms with E-state index in [4.69, 9.17) is 11.6 Å². The lowest BCUT2D eigenvalue weighted by atomic mass is 10.0. The van der Waals surface area contributed by atoms with Crippen LogP contribution in [0.4, 0.5) is 0 Å². The fourth-order valence-corrected chi connectivity index (χ4v) is 2.81. The van der Waals surface area contributed by atoms with Gasteiger partial charge < -0.3 is 10.1 Å². The van der Waals surface area contributed by atoms with E-state index in [2.05, 4.69) is 16.0 Å². The van der Waals surface area contributed by atoms with E-state index in [0.717, 1.165) is 22.4 Å². The van der Waals surface area contributed by atoms with Crippen LogP contribution >= 0.6 is 11.6 Å². The summed E-state index contributed by atoms with van der Waals surface area (Å²) in [5.41, 5.74) is 4.73. The number of hydrogen-bond donors (Lipinski definition) is 2. The summed E-state index contributed by atoms with van der Waals surface area (Å²) >= 11 is 6.20. The van der Waals surface area contributed by atoms with E-state index in [9.17, 15) is 5.11 Å². The highest BCUT2D eigenvalue weighted by atomic mass is 35.5. The minimum atomic E-state index is -0.781. The molecular formula is C18H17ClN2O. The fraction of sp³-hybridized carbons (Fsp3) is 0.167. The van der Waals surface area contributed by atoms with Crippen LogP contribution in [0.25, 0.3) is 11.3 Å². The number of nitrogens with one attached hydrogen (secondary N) is 1. The standard InChI is InChI=1S/C18H17ClN2O/c1-11-7-8-13(12(2)9-11)17(22)18-20-10-16(21-18)14-5-3-4-6-15(14)19/h3-10,17,22H,1-2H3,(H,20,21). The highest BCUT2D eigenvalue weighted by molar-refractivity contribution is 6.33. The van der Waals surface area contributed by atoms with Gasteiger partial charge in [-0.1, -0.05) is 53.6 Å². The maximum Gasteiger partial charge on any atom is 0.140 e. The molecule has 0 radical (unpaired) electrons. The van der Waals surface area contributed by atoms with Crippen LogP contribution in [0.2, 0.25) is 5.02 Å². The summed E-state index contributed by atoms with van der Waals surface area (Å²) in [5, 5.41) is 11.2. The Balaban J connectivity index is 1.95. The van der Waals surface area contributed by atoms with E-state index in [1.165, 1.54) is 5.56 Å². The zero-order chi connectivity index (χ0) is 15.7. The summed E-state index contributed by atoms with van der Waals surface area (Å²) in [7, 11) is 0. The Hall–Kier alpha value is -2.10. The van der Waals surface area contributed by atoms with Crippen LogP contribution in [0.15, 0.2) is 48.7 Å². The monoisotopic (exact) mass is 312 g/mol. The number of H-pyrrole nitrogens is 1. The molecule has 2 N–H and O–H groups in total. The second kappa shape index (κ2) is 5.95. The summed E-state index contributed by atoms with van der Waals surface area (Å²) in [6.45, 7) is 4.02. The van der Waals surface area contributed by atoms with Crippen molar-refractivity contribution in [2.75, 3.05) is 0 Å². The van der Waals surface area contributed by atoms with Crippen LogP contribution in [0, 0.1) is 13.8 Å². The van der Waals surface area contributed by atoms with Crippen LogP contribution in [0.5, 0.6) is 0 Å². The first-order valence-corrected chi connectivity index (χ1v) is 7.49. The van der Waals surface area contributed by atoms with Crippen molar-refractivity contribution in [3.63, 3.8) is 0 Å². The second-order valence-electron chi connectivity index (χ2n) is 5.42. The lowest BCUT2D eigenvalue weighted by Gasteiger charge is -2.12. The van der Waals surface area contributed by atoms with Crippen molar-refractivity contribution >= 4 is 11.6 Å². The maximum absolute atomic E-state index is 10.6. The lowest BCUT2D eigenvalue weighted by Crippen LogP contribution is -2.04. The number of aryl methyl sites for hydroxylation is 2. The highest BCUT2D eigenvalue weighted by Gasteiger charge is 2.17. The molecule has 3 nitrogen and oxygen atoms in total. The van der Waals surface area contributed by atoms with Crippen molar-refractivity contribution in [1.29, 1.82) is 0 Å². The van der Waals surface area contributed by atoms with Crippen molar-refractivity contribution in [2.45, 2.75) is 20.0 Å². The number of rotatable bonds is 3. The van der Waals surface area contributed by atoms with Gasteiger partial charge in [0.05, 0.1) is 11.9 Å². The number of aliphatic hydroxyl groups is 1. The van der Waals surface area contributed by atoms with Gasteiger partial charge in [0.1, 0.15) is 11.9 Å². The number of aromatic nitrogens is 2. The van der Waals surface area contributed by atoms with E-state index < -0.39 is 6.10 Å². The highest BCUT2D eigenvalue weighted by Crippen LogP contribution is 2.29. The third-order valence-electron chi connectivity index (χ3n) is 3.74. The van der Waals surface area contributed by atoms with Crippen molar-refractivity contribution in [3.05, 3.63) is 76.2 Å². The first-order chi connectivity index (χ1) is 10.6. The molecule has 112 valence electrons. The summed E-state index contributed by atoms with van der Waals surface area (Å²) in [5.74, 6) is 0.516. The number of aliphatic hydroxyl groups excluding tert-OH is 1. The first-order valence-electron chi connectivity index (χ1n) is 7.11. The molecule has 1 atom stereocenters. The third-order valence-corrected chi connectivity index (χ3v) is 4.07. The predicted octanol–water partition coefficient (Wildman–Crippen LogP) is 4.43. The molecule has 3 aromatic rings. The quantitative estimate of drug-likeness (QED) is 0.751. The zero-order valence-corrected chi connectivity index (χ0v) is 13.2. The molecule has 1 unspecified atom stereocenters. The Morgan fingerprint density at radius 3 is 2.64 bits per heavy atom. The number of halogens is 1. The molecule has 0 bridgehead atoms. The fourth-order valence-electron chi connectivity index (χ4n) is 2.57.